The van der Waals surface area contributed by atoms with Crippen LogP contribution in [0.25, 0.3) is 5.52 Å². The Morgan fingerprint density at radius 3 is 2.60 bits per heavy atom. The standard InChI is InChI=1S/C13H10N2O3.C2H6/c16-11-5-8-3-1-2-4-15(8)7-10(11)9-6-12(17)14-13(9)18;1-2/h1-5,7,9H,6H2,(H,14,17,18);1-2H3. The van der Waals surface area contributed by atoms with Crippen LogP contribution in [0, 0.1) is 0 Å². The maximum Gasteiger partial charge on any atom is 0.234 e. The highest BCUT2D eigenvalue weighted by Gasteiger charge is 2.33. The highest BCUT2D eigenvalue weighted by molar-refractivity contribution is 6.06. The molecule has 0 aliphatic carbocycles. The van der Waals surface area contributed by atoms with E-state index in [1.807, 2.05) is 32.0 Å². The molecule has 0 spiro atoms. The summed E-state index contributed by atoms with van der Waals surface area (Å²) < 4.78 is 1.77. The van der Waals surface area contributed by atoms with E-state index in [-0.39, 0.29) is 17.8 Å². The molecule has 1 saturated heterocycles. The predicted octanol–water partition coefficient (Wildman–Crippen LogP) is 1.46. The van der Waals surface area contributed by atoms with Crippen molar-refractivity contribution in [1.82, 2.24) is 9.72 Å². The van der Waals surface area contributed by atoms with Crippen molar-refractivity contribution >= 4 is 17.3 Å². The number of imide groups is 1. The molecule has 0 radical (unpaired) electrons. The van der Waals surface area contributed by atoms with Gasteiger partial charge in [-0.3, -0.25) is 19.7 Å². The van der Waals surface area contributed by atoms with E-state index < -0.39 is 11.8 Å². The molecule has 5 heteroatoms. The summed E-state index contributed by atoms with van der Waals surface area (Å²) in [5.41, 5.74) is 0.911. The van der Waals surface area contributed by atoms with Gasteiger partial charge >= 0.3 is 0 Å². The minimum atomic E-state index is -0.665. The highest BCUT2D eigenvalue weighted by Crippen LogP contribution is 2.21. The van der Waals surface area contributed by atoms with E-state index in [2.05, 4.69) is 5.32 Å². The van der Waals surface area contributed by atoms with Gasteiger partial charge in [-0.05, 0) is 12.1 Å². The lowest BCUT2D eigenvalue weighted by Crippen LogP contribution is -2.24. The van der Waals surface area contributed by atoms with Crippen molar-refractivity contribution < 1.29 is 9.59 Å². The van der Waals surface area contributed by atoms with E-state index in [0.717, 1.165) is 5.52 Å². The summed E-state index contributed by atoms with van der Waals surface area (Å²) >= 11 is 0. The number of aromatic nitrogens is 1. The Morgan fingerprint density at radius 1 is 1.20 bits per heavy atom. The molecule has 2 aromatic rings. The number of carbonyl (C=O) groups is 2. The van der Waals surface area contributed by atoms with Crippen LogP contribution in [0.4, 0.5) is 0 Å². The summed E-state index contributed by atoms with van der Waals surface area (Å²) in [5, 5.41) is 2.21. The number of hydrogen-bond acceptors (Lipinski definition) is 3. The van der Waals surface area contributed by atoms with Crippen molar-refractivity contribution in [2.45, 2.75) is 26.2 Å². The summed E-state index contributed by atoms with van der Waals surface area (Å²) in [6.45, 7) is 4.00. The topological polar surface area (TPSA) is 67.6 Å². The Bertz CT molecular complexity index is 718. The molecule has 1 fully saturated rings. The Kier molecular flexibility index (Phi) is 3.98. The molecule has 1 atom stereocenters. The molecule has 2 amide bonds. The van der Waals surface area contributed by atoms with E-state index in [4.69, 9.17) is 0 Å². The molecule has 3 rings (SSSR count). The van der Waals surface area contributed by atoms with Crippen LogP contribution >= 0.6 is 0 Å². The Balaban J connectivity index is 0.000000704. The number of pyridine rings is 2. The molecule has 1 aliphatic rings. The molecule has 5 nitrogen and oxygen atoms in total. The molecule has 0 aromatic carbocycles. The second-order valence-electron chi connectivity index (χ2n) is 4.29. The van der Waals surface area contributed by atoms with Crippen LogP contribution < -0.4 is 10.7 Å². The zero-order valence-corrected chi connectivity index (χ0v) is 11.4. The summed E-state index contributed by atoms with van der Waals surface area (Å²) in [6.07, 6.45) is 3.47. The van der Waals surface area contributed by atoms with Gasteiger partial charge < -0.3 is 4.40 Å². The van der Waals surface area contributed by atoms with Crippen molar-refractivity contribution in [3.05, 3.63) is 52.4 Å². The molecule has 104 valence electrons. The van der Waals surface area contributed by atoms with Gasteiger partial charge in [0.2, 0.25) is 11.8 Å². The Labute approximate surface area is 116 Å². The van der Waals surface area contributed by atoms with Crippen LogP contribution in [-0.2, 0) is 9.59 Å². The summed E-state index contributed by atoms with van der Waals surface area (Å²) in [6, 6.07) is 6.96. The van der Waals surface area contributed by atoms with E-state index >= 15 is 0 Å². The van der Waals surface area contributed by atoms with Crippen LogP contribution in [0.15, 0.2) is 41.5 Å². The first-order valence-corrected chi connectivity index (χ1v) is 6.60. The van der Waals surface area contributed by atoms with E-state index in [0.29, 0.717) is 5.56 Å². The number of carbonyl (C=O) groups excluding carboxylic acids is 2. The van der Waals surface area contributed by atoms with Gasteiger partial charge in [-0.25, -0.2) is 0 Å². The molecule has 3 heterocycles. The van der Waals surface area contributed by atoms with Crippen molar-refractivity contribution in [2.75, 3.05) is 0 Å². The maximum absolute atomic E-state index is 12.0. The fourth-order valence-electron chi connectivity index (χ4n) is 2.21. The van der Waals surface area contributed by atoms with Crippen molar-refractivity contribution in [3.63, 3.8) is 0 Å². The van der Waals surface area contributed by atoms with Gasteiger partial charge in [-0.15, -0.1) is 0 Å². The van der Waals surface area contributed by atoms with Crippen molar-refractivity contribution in [3.8, 4) is 0 Å². The number of nitrogens with one attached hydrogen (secondary N) is 1. The largest absolute Gasteiger partial charge is 0.323 e. The molecule has 0 bridgehead atoms. The van der Waals surface area contributed by atoms with Crippen molar-refractivity contribution in [2.24, 2.45) is 0 Å². The van der Waals surface area contributed by atoms with Crippen LogP contribution in [0.2, 0.25) is 0 Å². The number of hydrogen-bond donors (Lipinski definition) is 1. The quantitative estimate of drug-likeness (QED) is 0.799. The first-order chi connectivity index (χ1) is 9.65. The lowest BCUT2D eigenvalue weighted by Gasteiger charge is -2.07. The third-order valence-electron chi connectivity index (χ3n) is 3.11. The Hall–Kier alpha value is -2.43. The number of fused-ring (bicyclic) bond motifs is 1. The van der Waals surface area contributed by atoms with Crippen molar-refractivity contribution in [1.29, 1.82) is 0 Å². The number of amides is 2. The van der Waals surface area contributed by atoms with Gasteiger partial charge in [0.1, 0.15) is 0 Å². The normalized spacial score (nSPS) is 17.6. The van der Waals surface area contributed by atoms with Gasteiger partial charge in [-0.2, -0.15) is 0 Å². The predicted molar refractivity (Wildman–Crippen MR) is 75.5 cm³/mol. The van der Waals surface area contributed by atoms with Crippen LogP contribution in [0.3, 0.4) is 0 Å². The van der Waals surface area contributed by atoms with Gasteiger partial charge in [0.15, 0.2) is 5.43 Å². The molecule has 20 heavy (non-hydrogen) atoms. The zero-order chi connectivity index (χ0) is 14.7. The number of nitrogens with zero attached hydrogens (tertiary/aromatic N) is 1. The Morgan fingerprint density at radius 2 is 1.95 bits per heavy atom. The zero-order valence-electron chi connectivity index (χ0n) is 11.4. The number of rotatable bonds is 1. The minimum Gasteiger partial charge on any atom is -0.323 e. The minimum absolute atomic E-state index is 0.0486. The maximum atomic E-state index is 12.0. The average Bonchev–Trinajstić information content (AvgIpc) is 2.79. The third-order valence-corrected chi connectivity index (χ3v) is 3.11. The lowest BCUT2D eigenvalue weighted by molar-refractivity contribution is -0.125. The molecule has 1 N–H and O–H groups in total. The first-order valence-electron chi connectivity index (χ1n) is 6.60. The molecule has 0 saturated carbocycles. The fourth-order valence-corrected chi connectivity index (χ4v) is 2.21. The smallest absolute Gasteiger partial charge is 0.234 e. The average molecular weight is 272 g/mol. The third kappa shape index (κ3) is 2.47. The van der Waals surface area contributed by atoms with Crippen LogP contribution in [-0.4, -0.2) is 16.2 Å². The molecule has 1 unspecified atom stereocenters. The highest BCUT2D eigenvalue weighted by atomic mass is 16.2. The molecular formula is C15H16N2O3. The van der Waals surface area contributed by atoms with E-state index in [1.54, 1.807) is 16.8 Å². The second-order valence-corrected chi connectivity index (χ2v) is 4.29. The lowest BCUT2D eigenvalue weighted by atomic mass is 9.98. The van der Waals surface area contributed by atoms with E-state index in [1.165, 1.54) is 6.07 Å². The summed E-state index contributed by atoms with van der Waals surface area (Å²) in [7, 11) is 0. The molecular weight excluding hydrogens is 256 g/mol. The summed E-state index contributed by atoms with van der Waals surface area (Å²) in [5.74, 6) is -1.39. The van der Waals surface area contributed by atoms with Gasteiger partial charge in [0, 0.05) is 36.0 Å². The first kappa shape index (κ1) is 14.0. The van der Waals surface area contributed by atoms with Crippen LogP contribution in [0.1, 0.15) is 31.7 Å². The second kappa shape index (κ2) is 5.69. The molecule has 2 aromatic heterocycles. The van der Waals surface area contributed by atoms with Crippen LogP contribution in [0.5, 0.6) is 0 Å². The monoisotopic (exact) mass is 272 g/mol. The van der Waals surface area contributed by atoms with Gasteiger partial charge in [0.25, 0.3) is 0 Å². The summed E-state index contributed by atoms with van der Waals surface area (Å²) in [4.78, 5) is 34.7. The van der Waals surface area contributed by atoms with Gasteiger partial charge in [-0.1, -0.05) is 19.9 Å². The fraction of sp³-hybridized carbons (Fsp3) is 0.267. The van der Waals surface area contributed by atoms with E-state index in [9.17, 15) is 14.4 Å². The SMILES string of the molecule is CC.O=C1CC(c2cn3ccccc3cc2=O)C(=O)N1. The molecule has 1 aliphatic heterocycles. The van der Waals surface area contributed by atoms with Gasteiger partial charge in [0.05, 0.1) is 5.92 Å².